The fourth-order valence-electron chi connectivity index (χ4n) is 6.10. The Kier molecular flexibility index (Phi) is 8.25. The quantitative estimate of drug-likeness (QED) is 0.133. The van der Waals surface area contributed by atoms with Crippen LogP contribution >= 0.6 is 27.3 Å². The maximum Gasteiger partial charge on any atom is 0.271 e. The van der Waals surface area contributed by atoms with Crippen molar-refractivity contribution < 1.29 is 19.1 Å². The van der Waals surface area contributed by atoms with Crippen molar-refractivity contribution in [2.45, 2.75) is 25.5 Å². The molecule has 11 heteroatoms. The van der Waals surface area contributed by atoms with E-state index in [1.807, 2.05) is 48.5 Å². The van der Waals surface area contributed by atoms with Gasteiger partial charge in [-0.15, -0.1) is 0 Å². The molecule has 2 heterocycles. The van der Waals surface area contributed by atoms with E-state index in [1.54, 1.807) is 30.9 Å². The molecule has 5 aromatic rings. The normalized spacial score (nSPS) is 15.3. The van der Waals surface area contributed by atoms with Gasteiger partial charge in [0.15, 0.2) is 16.3 Å². The zero-order chi connectivity index (χ0) is 32.7. The number of aromatic nitrogens is 1. The number of allylic oxidation sites excluding steroid dienone is 1. The molecular weight excluding hydrogens is 682 g/mol. The topological polar surface area (TPSA) is 105 Å². The molecule has 9 nitrogen and oxygen atoms in total. The second kappa shape index (κ2) is 12.7. The van der Waals surface area contributed by atoms with Crippen molar-refractivity contribution in [1.29, 1.82) is 0 Å². The fourth-order valence-corrected chi connectivity index (χ4v) is 7.61. The summed E-state index contributed by atoms with van der Waals surface area (Å²) in [5.41, 5.74) is 6.85. The number of non-ortho nitro benzene ring substituents is 1. The molecular formula is C36H28BrN3O6S. The van der Waals surface area contributed by atoms with Crippen LogP contribution in [0.15, 0.2) is 105 Å². The van der Waals surface area contributed by atoms with Crippen molar-refractivity contribution in [2.24, 2.45) is 4.99 Å². The molecule has 1 aliphatic heterocycles. The molecule has 7 rings (SSSR count). The van der Waals surface area contributed by atoms with Crippen molar-refractivity contribution in [1.82, 2.24) is 4.57 Å². The molecule has 236 valence electrons. The van der Waals surface area contributed by atoms with Crippen LogP contribution in [0.5, 0.6) is 17.2 Å². The zero-order valence-corrected chi connectivity index (χ0v) is 27.8. The number of halogens is 1. The van der Waals surface area contributed by atoms with E-state index in [0.29, 0.717) is 26.6 Å². The molecule has 0 saturated carbocycles. The number of thiazole rings is 1. The van der Waals surface area contributed by atoms with Gasteiger partial charge in [0.2, 0.25) is 0 Å². The molecule has 1 atom stereocenters. The number of aryl methyl sites for hydroxylation is 1. The summed E-state index contributed by atoms with van der Waals surface area (Å²) >= 11 is 4.97. The van der Waals surface area contributed by atoms with Crippen LogP contribution in [0.1, 0.15) is 40.3 Å². The number of nitro groups is 1. The highest BCUT2D eigenvalue weighted by Gasteiger charge is 2.33. The molecule has 4 aromatic carbocycles. The minimum Gasteiger partial charge on any atom is -0.493 e. The van der Waals surface area contributed by atoms with Crippen LogP contribution in [0.3, 0.4) is 0 Å². The molecule has 0 unspecified atom stereocenters. The number of fused-ring (bicyclic) bond motifs is 3. The van der Waals surface area contributed by atoms with Crippen LogP contribution in [0, 0.1) is 10.1 Å². The zero-order valence-electron chi connectivity index (χ0n) is 25.4. The van der Waals surface area contributed by atoms with E-state index in [2.05, 4.69) is 34.1 Å². The second-order valence-corrected chi connectivity index (χ2v) is 13.0. The van der Waals surface area contributed by atoms with Gasteiger partial charge in [-0.3, -0.25) is 19.5 Å². The van der Waals surface area contributed by atoms with Gasteiger partial charge in [-0.05, 0) is 99.1 Å². The smallest absolute Gasteiger partial charge is 0.271 e. The first kappa shape index (κ1) is 30.6. The number of ether oxygens (including phenoxy) is 3. The lowest BCUT2D eigenvalue weighted by atomic mass is 9.83. The summed E-state index contributed by atoms with van der Waals surface area (Å²) in [6.45, 7) is 0.248. The third-order valence-corrected chi connectivity index (χ3v) is 9.99. The third-order valence-electron chi connectivity index (χ3n) is 8.39. The molecule has 0 spiro atoms. The summed E-state index contributed by atoms with van der Waals surface area (Å²) in [6.07, 6.45) is 3.52. The molecule has 1 aromatic heterocycles. The summed E-state index contributed by atoms with van der Waals surface area (Å²) in [6, 6.07) is 25.7. The minimum atomic E-state index is -0.430. The van der Waals surface area contributed by atoms with Crippen LogP contribution in [0.2, 0.25) is 0 Å². The third kappa shape index (κ3) is 5.77. The summed E-state index contributed by atoms with van der Waals surface area (Å²) in [5, 5.41) is 10.9. The highest BCUT2D eigenvalue weighted by atomic mass is 79.9. The van der Waals surface area contributed by atoms with Crippen molar-refractivity contribution in [3.8, 4) is 17.2 Å². The molecule has 2 aliphatic rings. The van der Waals surface area contributed by atoms with Crippen LogP contribution in [0.25, 0.3) is 11.8 Å². The Labute approximate surface area is 282 Å². The van der Waals surface area contributed by atoms with Crippen molar-refractivity contribution >= 4 is 44.7 Å². The average molecular weight is 711 g/mol. The predicted molar refractivity (Wildman–Crippen MR) is 184 cm³/mol. The van der Waals surface area contributed by atoms with Crippen molar-refractivity contribution in [3.05, 3.63) is 153 Å². The Morgan fingerprint density at radius 2 is 1.74 bits per heavy atom. The van der Waals surface area contributed by atoms with E-state index >= 15 is 0 Å². The molecule has 0 bridgehead atoms. The Hall–Kier alpha value is -5.00. The molecule has 0 fully saturated rings. The number of nitrogens with zero attached hydrogens (tertiary/aromatic N) is 3. The molecule has 0 amide bonds. The highest BCUT2D eigenvalue weighted by molar-refractivity contribution is 9.10. The predicted octanol–water partition coefficient (Wildman–Crippen LogP) is 6.59. The molecule has 1 aliphatic carbocycles. The van der Waals surface area contributed by atoms with Gasteiger partial charge in [0.1, 0.15) is 12.4 Å². The summed E-state index contributed by atoms with van der Waals surface area (Å²) in [7, 11) is 3.22. The first-order valence-electron chi connectivity index (χ1n) is 14.9. The monoisotopic (exact) mass is 709 g/mol. The maximum absolute atomic E-state index is 14.2. The van der Waals surface area contributed by atoms with E-state index in [9.17, 15) is 14.9 Å². The Morgan fingerprint density at radius 1 is 0.979 bits per heavy atom. The molecule has 47 heavy (non-hydrogen) atoms. The van der Waals surface area contributed by atoms with Gasteiger partial charge in [0.05, 0.1) is 39.9 Å². The molecule has 0 N–H and O–H groups in total. The fraction of sp³-hybridized carbons (Fsp3) is 0.167. The number of hydrogen-bond donors (Lipinski definition) is 0. The van der Waals surface area contributed by atoms with Gasteiger partial charge in [-0.2, -0.15) is 0 Å². The van der Waals surface area contributed by atoms with E-state index in [-0.39, 0.29) is 23.9 Å². The number of hydrogen-bond acceptors (Lipinski definition) is 8. The number of rotatable bonds is 8. The van der Waals surface area contributed by atoms with Crippen LogP contribution < -0.4 is 29.1 Å². The van der Waals surface area contributed by atoms with Gasteiger partial charge in [-0.25, -0.2) is 4.99 Å². The molecule has 0 radical (unpaired) electrons. The maximum atomic E-state index is 14.2. The number of nitro benzene ring substituents is 1. The SMILES string of the molecule is COc1ccc([C@@H]2C3=C(N=c4s/c(=C\c5ccc(OCc6ccc([N+](=O)[O-])cc6)c(Br)c5)c(=O)n42)c2ccccc2CC3)cc1OC. The van der Waals surface area contributed by atoms with Crippen LogP contribution in [0.4, 0.5) is 5.69 Å². The highest BCUT2D eigenvalue weighted by Crippen LogP contribution is 2.42. The summed E-state index contributed by atoms with van der Waals surface area (Å²) in [4.78, 5) is 30.4. The van der Waals surface area contributed by atoms with Gasteiger partial charge in [0.25, 0.3) is 11.2 Å². The van der Waals surface area contributed by atoms with Gasteiger partial charge in [-0.1, -0.05) is 47.7 Å². The van der Waals surface area contributed by atoms with Crippen LogP contribution in [-0.4, -0.2) is 23.7 Å². The number of methoxy groups -OCH3 is 2. The first-order valence-corrected chi connectivity index (χ1v) is 16.5. The largest absolute Gasteiger partial charge is 0.493 e. The standard InChI is InChI=1S/C36H28BrN3O6S/c1-44-30-16-11-24(19-31(30)45-2)34-27-14-10-23-5-3-4-6-26(23)33(27)38-36-39(34)35(41)32(47-36)18-22-9-15-29(28(37)17-22)46-20-21-7-12-25(13-8-21)40(42)43/h3-9,11-13,15-19,34H,10,14,20H2,1-2H3/b32-18-/t34-/m1/s1. The average Bonchev–Trinajstić information content (AvgIpc) is 3.40. The first-order chi connectivity index (χ1) is 22.8. The Morgan fingerprint density at radius 3 is 2.49 bits per heavy atom. The van der Waals surface area contributed by atoms with Crippen LogP contribution in [-0.2, 0) is 13.0 Å². The Bertz CT molecular complexity index is 2260. The lowest BCUT2D eigenvalue weighted by Gasteiger charge is -2.31. The molecule has 0 saturated heterocycles. The van der Waals surface area contributed by atoms with Crippen molar-refractivity contribution in [3.63, 3.8) is 0 Å². The second-order valence-electron chi connectivity index (χ2n) is 11.1. The van der Waals surface area contributed by atoms with Gasteiger partial charge in [0, 0.05) is 17.7 Å². The van der Waals surface area contributed by atoms with E-state index in [0.717, 1.165) is 50.8 Å². The van der Waals surface area contributed by atoms with E-state index < -0.39 is 4.92 Å². The minimum absolute atomic E-state index is 0.0320. The Balaban J connectivity index is 1.27. The lowest BCUT2D eigenvalue weighted by molar-refractivity contribution is -0.384. The van der Waals surface area contributed by atoms with Crippen molar-refractivity contribution in [2.75, 3.05) is 14.2 Å². The summed E-state index contributed by atoms with van der Waals surface area (Å²) < 4.78 is 20.2. The summed E-state index contributed by atoms with van der Waals surface area (Å²) in [5.74, 6) is 1.84. The lowest BCUT2D eigenvalue weighted by Crippen LogP contribution is -2.38. The van der Waals surface area contributed by atoms with E-state index in [1.165, 1.54) is 29.0 Å². The van der Waals surface area contributed by atoms with E-state index in [4.69, 9.17) is 19.2 Å². The van der Waals surface area contributed by atoms with Gasteiger partial charge >= 0.3 is 0 Å². The van der Waals surface area contributed by atoms with Gasteiger partial charge < -0.3 is 14.2 Å². The number of benzene rings is 4.